The number of ether oxygens (including phenoxy) is 3. The first-order valence-electron chi connectivity index (χ1n) is 12.6. The molecule has 3 aromatic heterocycles. The molecule has 8 nitrogen and oxygen atoms in total. The van der Waals surface area contributed by atoms with Crippen molar-refractivity contribution in [1.82, 2.24) is 15.0 Å². The number of pyridine rings is 3. The van der Waals surface area contributed by atoms with Crippen LogP contribution in [0.1, 0.15) is 27.2 Å². The lowest BCUT2D eigenvalue weighted by molar-refractivity contribution is 0.0991. The lowest BCUT2D eigenvalue weighted by Gasteiger charge is -2.12. The Bertz CT molecular complexity index is 1870. The number of carbonyl (C=O) groups excluding carboxylic acids is 1. The van der Waals surface area contributed by atoms with Crippen molar-refractivity contribution >= 4 is 16.8 Å². The maximum absolute atomic E-state index is 15.2. The molecule has 0 saturated heterocycles. The summed E-state index contributed by atoms with van der Waals surface area (Å²) in [5.74, 6) is -0.852. The average Bonchev–Trinajstić information content (AvgIpc) is 2.94. The lowest BCUT2D eigenvalue weighted by Crippen LogP contribution is -2.21. The molecule has 2 aromatic carbocycles. The quantitative estimate of drug-likeness (QED) is 0.230. The Kier molecular flexibility index (Phi) is 7.47. The largest absolute Gasteiger partial charge is 0.491 e. The first-order chi connectivity index (χ1) is 19.7. The van der Waals surface area contributed by atoms with E-state index in [9.17, 15) is 14.0 Å². The Morgan fingerprint density at radius 2 is 1.73 bits per heavy atom. The van der Waals surface area contributed by atoms with E-state index in [4.69, 9.17) is 14.2 Å². The third-order valence-electron chi connectivity index (χ3n) is 6.64. The highest BCUT2D eigenvalue weighted by atomic mass is 19.1. The second kappa shape index (κ2) is 11.2. The topological polar surface area (TPSA) is 103 Å². The van der Waals surface area contributed by atoms with Crippen LogP contribution in [0, 0.1) is 25.5 Å². The Labute approximate surface area is 233 Å². The molecule has 1 N–H and O–H groups in total. The molecule has 0 saturated carbocycles. The monoisotopic (exact) mass is 557 g/mol. The normalized spacial score (nSPS) is 11.0. The fraction of sp³-hybridized carbons (Fsp3) is 0.161. The van der Waals surface area contributed by atoms with Crippen molar-refractivity contribution < 1.29 is 27.8 Å². The van der Waals surface area contributed by atoms with Gasteiger partial charge in [0.15, 0.2) is 34.3 Å². The van der Waals surface area contributed by atoms with E-state index < -0.39 is 22.8 Å². The summed E-state index contributed by atoms with van der Waals surface area (Å²) in [7, 11) is 2.93. The van der Waals surface area contributed by atoms with Crippen molar-refractivity contribution in [2.24, 2.45) is 0 Å². The van der Waals surface area contributed by atoms with Gasteiger partial charge in [0.05, 0.1) is 25.3 Å². The van der Waals surface area contributed by atoms with E-state index in [-0.39, 0.29) is 34.9 Å². The zero-order chi connectivity index (χ0) is 29.3. The van der Waals surface area contributed by atoms with Gasteiger partial charge in [-0.1, -0.05) is 12.1 Å². The van der Waals surface area contributed by atoms with Crippen LogP contribution in [0.4, 0.5) is 8.78 Å². The highest BCUT2D eigenvalue weighted by Crippen LogP contribution is 2.34. The number of nitrogens with zero attached hydrogens (tertiary/aromatic N) is 2. The van der Waals surface area contributed by atoms with Gasteiger partial charge in [-0.15, -0.1) is 0 Å². The highest BCUT2D eigenvalue weighted by Gasteiger charge is 2.20. The zero-order valence-corrected chi connectivity index (χ0v) is 22.7. The molecule has 0 unspecified atom stereocenters. The number of methoxy groups -OCH3 is 2. The number of Topliss-reactive ketones (excluding diaryl/α,β-unsaturated/α-hetero) is 1. The summed E-state index contributed by atoms with van der Waals surface area (Å²) in [4.78, 5) is 38.2. The van der Waals surface area contributed by atoms with Crippen molar-refractivity contribution in [3.63, 3.8) is 0 Å². The van der Waals surface area contributed by atoms with Gasteiger partial charge in [0, 0.05) is 42.2 Å². The van der Waals surface area contributed by atoms with Gasteiger partial charge in [-0.25, -0.2) is 13.8 Å². The number of fused-ring (bicyclic) bond motifs is 1. The summed E-state index contributed by atoms with van der Waals surface area (Å²) in [5, 5.41) is 0. The molecular weight excluding hydrogens is 532 g/mol. The third-order valence-corrected chi connectivity index (χ3v) is 6.64. The van der Waals surface area contributed by atoms with Crippen LogP contribution in [-0.4, -0.2) is 35.0 Å². The van der Waals surface area contributed by atoms with E-state index in [2.05, 4.69) is 15.0 Å². The van der Waals surface area contributed by atoms with Gasteiger partial charge < -0.3 is 19.2 Å². The molecule has 10 heteroatoms. The molecule has 3 heterocycles. The van der Waals surface area contributed by atoms with Crippen LogP contribution in [0.3, 0.4) is 0 Å². The average molecular weight is 558 g/mol. The summed E-state index contributed by atoms with van der Waals surface area (Å²) in [6, 6.07) is 11.4. The number of benzene rings is 2. The number of carbonyl (C=O) groups is 1. The van der Waals surface area contributed by atoms with Crippen molar-refractivity contribution in [2.45, 2.75) is 20.3 Å². The number of aromatic nitrogens is 3. The highest BCUT2D eigenvalue weighted by molar-refractivity contribution is 5.99. The van der Waals surface area contributed by atoms with Gasteiger partial charge in [0.25, 0.3) is 5.88 Å². The van der Waals surface area contributed by atoms with Gasteiger partial charge >= 0.3 is 0 Å². The predicted molar refractivity (Wildman–Crippen MR) is 149 cm³/mol. The maximum Gasteiger partial charge on any atom is 0.257 e. The third kappa shape index (κ3) is 5.36. The molecule has 0 spiro atoms. The summed E-state index contributed by atoms with van der Waals surface area (Å²) in [6.07, 6.45) is 2.78. The van der Waals surface area contributed by atoms with Crippen LogP contribution in [0.5, 0.6) is 23.1 Å². The van der Waals surface area contributed by atoms with Crippen LogP contribution >= 0.6 is 0 Å². The minimum absolute atomic E-state index is 0.0364. The van der Waals surface area contributed by atoms with E-state index in [1.165, 1.54) is 56.9 Å². The molecule has 0 fully saturated rings. The smallest absolute Gasteiger partial charge is 0.257 e. The Morgan fingerprint density at radius 1 is 0.927 bits per heavy atom. The molecule has 41 heavy (non-hydrogen) atoms. The van der Waals surface area contributed by atoms with Crippen LogP contribution < -0.4 is 19.6 Å². The number of halogens is 2. The number of hydrogen-bond acceptors (Lipinski definition) is 7. The van der Waals surface area contributed by atoms with Gasteiger partial charge in [-0.05, 0) is 54.8 Å². The summed E-state index contributed by atoms with van der Waals surface area (Å²) < 4.78 is 45.1. The number of aryl methyl sites for hydroxylation is 2. The van der Waals surface area contributed by atoms with Crippen LogP contribution in [0.2, 0.25) is 0 Å². The second-order valence-corrected chi connectivity index (χ2v) is 9.33. The molecule has 208 valence electrons. The lowest BCUT2D eigenvalue weighted by atomic mass is 9.96. The van der Waals surface area contributed by atoms with Crippen molar-refractivity contribution in [1.29, 1.82) is 0 Å². The van der Waals surface area contributed by atoms with Gasteiger partial charge in [-0.3, -0.25) is 14.6 Å². The van der Waals surface area contributed by atoms with Crippen LogP contribution in [0.15, 0.2) is 65.7 Å². The van der Waals surface area contributed by atoms with Gasteiger partial charge in [0.1, 0.15) is 11.3 Å². The number of ketones is 1. The first-order valence-corrected chi connectivity index (χ1v) is 12.6. The SMILES string of the molecule is COc1cc2nccc(Oc3ccc(CC(=O)c4c(C)[nH]cc(-c5ccc(F)cc5C)c4=O)cc3F)c2nc1OC. The van der Waals surface area contributed by atoms with E-state index in [1.54, 1.807) is 32.0 Å². The summed E-state index contributed by atoms with van der Waals surface area (Å²) in [5.41, 5.74) is 2.35. The fourth-order valence-corrected chi connectivity index (χ4v) is 4.60. The van der Waals surface area contributed by atoms with E-state index in [1.807, 2.05) is 0 Å². The molecule has 0 radical (unpaired) electrons. The number of aromatic amines is 1. The van der Waals surface area contributed by atoms with E-state index in [0.29, 0.717) is 39.2 Å². The van der Waals surface area contributed by atoms with Crippen molar-refractivity contribution in [3.8, 4) is 34.3 Å². The molecule has 0 amide bonds. The number of rotatable bonds is 8. The standard InChI is InChI=1S/C31H25F2N3O5/c1-16-11-19(32)6-7-20(16)21-15-35-17(2)28(30(21)38)24(37)13-18-5-8-25(22(33)12-18)41-26-9-10-34-23-14-27(39-3)31(40-4)36-29(23)26/h5-12,14-15H,13H2,1-4H3,(H,35,38). The molecule has 0 bridgehead atoms. The number of hydrogen-bond donors (Lipinski definition) is 1. The van der Waals surface area contributed by atoms with Gasteiger partial charge in [-0.2, -0.15) is 0 Å². The van der Waals surface area contributed by atoms with E-state index in [0.717, 1.165) is 0 Å². The molecule has 0 aliphatic rings. The fourth-order valence-electron chi connectivity index (χ4n) is 4.60. The molecule has 5 aromatic rings. The van der Waals surface area contributed by atoms with Crippen molar-refractivity contribution in [3.05, 3.63) is 105 Å². The predicted octanol–water partition coefficient (Wildman–Crippen LogP) is 6.12. The maximum atomic E-state index is 15.2. The number of H-pyrrole nitrogens is 1. The Hall–Kier alpha value is -5.12. The second-order valence-electron chi connectivity index (χ2n) is 9.33. The van der Waals surface area contributed by atoms with Crippen LogP contribution in [0.25, 0.3) is 22.2 Å². The van der Waals surface area contributed by atoms with E-state index >= 15 is 4.39 Å². The Morgan fingerprint density at radius 3 is 2.44 bits per heavy atom. The van der Waals surface area contributed by atoms with Crippen molar-refractivity contribution in [2.75, 3.05) is 14.2 Å². The van der Waals surface area contributed by atoms with Crippen LogP contribution in [-0.2, 0) is 6.42 Å². The summed E-state index contributed by atoms with van der Waals surface area (Å²) >= 11 is 0. The number of nitrogens with one attached hydrogen (secondary N) is 1. The molecule has 0 aliphatic carbocycles. The molecule has 0 aliphatic heterocycles. The molecule has 0 atom stereocenters. The minimum atomic E-state index is -0.706. The summed E-state index contributed by atoms with van der Waals surface area (Å²) in [6.45, 7) is 3.30. The zero-order valence-electron chi connectivity index (χ0n) is 22.7. The molecule has 5 rings (SSSR count). The molecular formula is C31H25F2N3O5. The first kappa shape index (κ1) is 27.4. The minimum Gasteiger partial charge on any atom is -0.491 e. The van der Waals surface area contributed by atoms with Gasteiger partial charge in [0.2, 0.25) is 0 Å². The Balaban J connectivity index is 1.41.